The number of nitrogens with zero attached hydrogens (tertiary/aromatic N) is 2. The molecule has 0 aliphatic rings. The van der Waals surface area contributed by atoms with Crippen molar-refractivity contribution >= 4 is 0 Å². The Morgan fingerprint density at radius 2 is 0.538 bits per heavy atom. The lowest BCUT2D eigenvalue weighted by molar-refractivity contribution is -0.903. The van der Waals surface area contributed by atoms with Crippen molar-refractivity contribution in [1.29, 1.82) is 0 Å². The summed E-state index contributed by atoms with van der Waals surface area (Å²) in [5.41, 5.74) is 2.92. The number of quaternary nitrogens is 2. The van der Waals surface area contributed by atoms with E-state index in [2.05, 4.69) is 103 Å². The number of hydrogen-bond donors (Lipinski definition) is 0. The first-order valence-corrected chi connectivity index (χ1v) is 21.0. The summed E-state index contributed by atoms with van der Waals surface area (Å²) >= 11 is 0. The van der Waals surface area contributed by atoms with Crippen molar-refractivity contribution < 1.29 is 44.7 Å². The van der Waals surface area contributed by atoms with Crippen LogP contribution in [0.5, 0.6) is 0 Å². The van der Waals surface area contributed by atoms with Crippen molar-refractivity contribution in [2.45, 2.75) is 181 Å². The molecule has 4 nitrogen and oxygen atoms in total. The molecule has 0 saturated carbocycles. The molecule has 6 heteroatoms. The van der Waals surface area contributed by atoms with Gasteiger partial charge >= 0.3 is 0 Å². The molecule has 0 spiro atoms. The van der Waals surface area contributed by atoms with Crippen LogP contribution in [-0.2, 0) is 13.1 Å². The molecule has 0 aliphatic carbocycles. The van der Waals surface area contributed by atoms with Crippen LogP contribution in [0.25, 0.3) is 0 Å². The molecule has 308 valence electrons. The molecular weight excluding hydrogens is 683 g/mol. The Morgan fingerprint density at radius 1 is 0.327 bits per heavy atom. The fourth-order valence-electron chi connectivity index (χ4n) is 7.08. The predicted molar refractivity (Wildman–Crippen MR) is 224 cm³/mol. The minimum atomic E-state index is 0. The van der Waals surface area contributed by atoms with Crippen molar-refractivity contribution in [3.63, 3.8) is 0 Å². The molecule has 0 aliphatic heterocycles. The average Bonchev–Trinajstić information content (AvgIpc) is 3.06. The molecule has 0 fully saturated rings. The molecule has 0 heterocycles. The lowest BCUT2D eigenvalue weighted by Gasteiger charge is -2.30. The van der Waals surface area contributed by atoms with Crippen LogP contribution in [0.3, 0.4) is 0 Å². The summed E-state index contributed by atoms with van der Waals surface area (Å²) in [7, 11) is 9.47. The Labute approximate surface area is 337 Å². The van der Waals surface area contributed by atoms with Crippen LogP contribution < -0.4 is 24.8 Å². The fraction of sp³-hybridized carbons (Fsp3) is 0.739. The van der Waals surface area contributed by atoms with Gasteiger partial charge in [-0.05, 0) is 25.7 Å². The van der Waals surface area contributed by atoms with Gasteiger partial charge in [0.05, 0.1) is 41.3 Å². The normalized spacial score (nSPS) is 10.9. The zero-order chi connectivity index (χ0) is 35.0. The Kier molecular flexibility index (Phi) is 43.8. The maximum absolute atomic E-state index is 2.37. The zero-order valence-corrected chi connectivity index (χ0v) is 36.7. The maximum atomic E-state index is 2.37. The molecule has 2 aromatic carbocycles. The molecule has 4 N–H and O–H groups in total. The van der Waals surface area contributed by atoms with Gasteiger partial charge in [0.25, 0.3) is 0 Å². The van der Waals surface area contributed by atoms with E-state index in [1.165, 1.54) is 178 Å². The van der Waals surface area contributed by atoms with E-state index in [0.29, 0.717) is 0 Å². The Bertz CT molecular complexity index is 866. The third-order valence-corrected chi connectivity index (χ3v) is 10.1. The predicted octanol–water partition coefficient (Wildman–Crippen LogP) is 6.29. The summed E-state index contributed by atoms with van der Waals surface area (Å²) in [5.74, 6) is 0. The van der Waals surface area contributed by atoms with Gasteiger partial charge in [0.1, 0.15) is 13.1 Å². The lowest BCUT2D eigenvalue weighted by Crippen LogP contribution is -3.00. The van der Waals surface area contributed by atoms with E-state index >= 15 is 0 Å². The van der Waals surface area contributed by atoms with Crippen molar-refractivity contribution in [3.8, 4) is 0 Å². The number of unbranched alkanes of at least 4 members (excludes halogenated alkanes) is 22. The molecule has 2 aromatic rings. The smallest absolute Gasteiger partial charge is 0.104 e. The molecule has 0 unspecified atom stereocenters. The van der Waals surface area contributed by atoms with Gasteiger partial charge < -0.3 is 44.7 Å². The first-order chi connectivity index (χ1) is 23.3. The van der Waals surface area contributed by atoms with E-state index in [-0.39, 0.29) is 35.8 Å². The summed E-state index contributed by atoms with van der Waals surface area (Å²) in [6, 6.07) is 21.8. The second kappa shape index (κ2) is 39.6. The Morgan fingerprint density at radius 3 is 0.769 bits per heavy atom. The van der Waals surface area contributed by atoms with E-state index < -0.39 is 0 Å². The van der Waals surface area contributed by atoms with Crippen LogP contribution in [0.4, 0.5) is 0 Å². The van der Waals surface area contributed by atoms with Gasteiger partial charge in [-0.2, -0.15) is 0 Å². The summed E-state index contributed by atoms with van der Waals surface area (Å²) in [6.45, 7) is 9.49. The van der Waals surface area contributed by atoms with E-state index in [1.807, 2.05) is 0 Å². The lowest BCUT2D eigenvalue weighted by atomic mass is 10.1. The molecule has 0 aromatic heterocycles. The second-order valence-corrected chi connectivity index (χ2v) is 16.4. The van der Waals surface area contributed by atoms with Gasteiger partial charge in [-0.25, -0.2) is 0 Å². The minimum absolute atomic E-state index is 0. The summed E-state index contributed by atoms with van der Waals surface area (Å²) in [4.78, 5) is 0. The van der Waals surface area contributed by atoms with Crippen LogP contribution >= 0.6 is 0 Å². The monoisotopic (exact) mass is 771 g/mol. The average molecular weight is 772 g/mol. The van der Waals surface area contributed by atoms with Crippen molar-refractivity contribution in [2.75, 3.05) is 41.3 Å². The number of hydrogen-bond acceptors (Lipinski definition) is 0. The van der Waals surface area contributed by atoms with E-state index in [4.69, 9.17) is 0 Å². The highest BCUT2D eigenvalue weighted by atomic mass is 35.5. The highest BCUT2D eigenvalue weighted by Crippen LogP contribution is 2.16. The first-order valence-electron chi connectivity index (χ1n) is 21.0. The summed E-state index contributed by atoms with van der Waals surface area (Å²) in [5, 5.41) is 0. The third-order valence-electron chi connectivity index (χ3n) is 10.1. The van der Waals surface area contributed by atoms with Crippen LogP contribution in [0.15, 0.2) is 60.7 Å². The molecule has 0 atom stereocenters. The topological polar surface area (TPSA) is 63.0 Å². The Hall–Kier alpha value is -1.14. The highest BCUT2D eigenvalue weighted by Gasteiger charge is 2.16. The second-order valence-electron chi connectivity index (χ2n) is 16.4. The van der Waals surface area contributed by atoms with Crippen LogP contribution in [0.2, 0.25) is 0 Å². The molecule has 0 bridgehead atoms. The van der Waals surface area contributed by atoms with Crippen LogP contribution in [0, 0.1) is 0 Å². The fourth-order valence-corrected chi connectivity index (χ4v) is 7.08. The van der Waals surface area contributed by atoms with Gasteiger partial charge in [-0.3, -0.25) is 0 Å². The standard InChI is InChI=1S/2C23H42N.2ClH.2H2O/c2*1-4-5-6-7-8-9-10-11-12-13-14-18-21-24(2,3)22-23-19-16-15-17-20-23;;;;/h2*15-17,19-20H,4-14,18,21-22H2,1-3H3;2*1H;2*1H2/q2*+1;;;;/p-2. The molecule has 0 radical (unpaired) electrons. The first kappa shape index (κ1) is 57.6. The van der Waals surface area contributed by atoms with Crippen molar-refractivity contribution in [1.82, 2.24) is 0 Å². The number of rotatable bonds is 30. The van der Waals surface area contributed by atoms with Gasteiger partial charge in [-0.15, -0.1) is 0 Å². The van der Waals surface area contributed by atoms with Crippen LogP contribution in [0.1, 0.15) is 179 Å². The largest absolute Gasteiger partial charge is 1.00 e. The molecular formula is C46H88Cl2N2O2. The summed E-state index contributed by atoms with van der Waals surface area (Å²) < 4.78 is 2.23. The third kappa shape index (κ3) is 37.2. The molecule has 2 rings (SSSR count). The van der Waals surface area contributed by atoms with Crippen molar-refractivity contribution in [3.05, 3.63) is 71.8 Å². The molecule has 0 amide bonds. The van der Waals surface area contributed by atoms with E-state index in [1.54, 1.807) is 0 Å². The van der Waals surface area contributed by atoms with Crippen LogP contribution in [-0.4, -0.2) is 61.2 Å². The Balaban J connectivity index is -0.000000411. The van der Waals surface area contributed by atoms with E-state index in [0.717, 1.165) is 22.1 Å². The van der Waals surface area contributed by atoms with Gasteiger partial charge in [-0.1, -0.05) is 203 Å². The summed E-state index contributed by atoms with van der Waals surface area (Å²) in [6.07, 6.45) is 34.4. The maximum Gasteiger partial charge on any atom is 0.104 e. The number of halogens is 2. The minimum Gasteiger partial charge on any atom is -1.00 e. The van der Waals surface area contributed by atoms with E-state index in [9.17, 15) is 0 Å². The molecule has 52 heavy (non-hydrogen) atoms. The number of benzene rings is 2. The quantitative estimate of drug-likeness (QED) is 0.0663. The van der Waals surface area contributed by atoms with Gasteiger partial charge in [0, 0.05) is 11.1 Å². The zero-order valence-electron chi connectivity index (χ0n) is 35.2. The molecule has 0 saturated heterocycles. The van der Waals surface area contributed by atoms with Gasteiger partial charge in [0.15, 0.2) is 0 Å². The van der Waals surface area contributed by atoms with Crippen molar-refractivity contribution in [2.24, 2.45) is 0 Å². The highest BCUT2D eigenvalue weighted by molar-refractivity contribution is 5.14. The SMILES string of the molecule is CCCCCCCCCCCCCC[N+](C)(C)Cc1ccccc1.CCCCCCCCCCCCCC[N+](C)(C)Cc1ccccc1.O.O.[Cl-].[Cl-]. The van der Waals surface area contributed by atoms with Gasteiger partial charge in [0.2, 0.25) is 0 Å².